The maximum absolute atomic E-state index is 6.51. The van der Waals surface area contributed by atoms with Gasteiger partial charge in [-0.1, -0.05) is 48.9 Å². The van der Waals surface area contributed by atoms with E-state index in [1.54, 1.807) is 7.11 Å². The fourth-order valence-corrected chi connectivity index (χ4v) is 2.62. The summed E-state index contributed by atoms with van der Waals surface area (Å²) in [5.74, 6) is 0.864. The van der Waals surface area contributed by atoms with Gasteiger partial charge in [0.2, 0.25) is 0 Å². The largest absolute Gasteiger partial charge is 0.497 e. The first-order valence-corrected chi connectivity index (χ1v) is 7.67. The zero-order valence-electron chi connectivity index (χ0n) is 12.8. The van der Waals surface area contributed by atoms with Crippen LogP contribution in [0.5, 0.6) is 5.75 Å². The molecule has 1 unspecified atom stereocenters. The van der Waals surface area contributed by atoms with Gasteiger partial charge in [0.25, 0.3) is 0 Å². The SMILES string of the molecule is CCCNC(c1ccc(OC)cc1)c1cccc(C)c1Cl. The van der Waals surface area contributed by atoms with Crippen LogP contribution < -0.4 is 10.1 Å². The molecule has 0 aliphatic heterocycles. The Hall–Kier alpha value is -1.51. The Morgan fingerprint density at radius 2 is 1.86 bits per heavy atom. The minimum atomic E-state index is 0.100. The van der Waals surface area contributed by atoms with E-state index in [0.717, 1.165) is 34.9 Å². The smallest absolute Gasteiger partial charge is 0.118 e. The molecule has 0 saturated carbocycles. The summed E-state index contributed by atoms with van der Waals surface area (Å²) < 4.78 is 5.23. The van der Waals surface area contributed by atoms with Crippen molar-refractivity contribution in [3.8, 4) is 5.75 Å². The lowest BCUT2D eigenvalue weighted by Gasteiger charge is -2.21. The molecular formula is C18H22ClNO. The first-order valence-electron chi connectivity index (χ1n) is 7.29. The first-order chi connectivity index (χ1) is 10.2. The van der Waals surface area contributed by atoms with Gasteiger partial charge in [-0.25, -0.2) is 0 Å². The number of hydrogen-bond acceptors (Lipinski definition) is 2. The second kappa shape index (κ2) is 7.48. The highest BCUT2D eigenvalue weighted by Crippen LogP contribution is 2.31. The molecular weight excluding hydrogens is 282 g/mol. The minimum Gasteiger partial charge on any atom is -0.497 e. The highest BCUT2D eigenvalue weighted by Gasteiger charge is 2.17. The van der Waals surface area contributed by atoms with E-state index in [1.807, 2.05) is 25.1 Å². The lowest BCUT2D eigenvalue weighted by atomic mass is 9.97. The van der Waals surface area contributed by atoms with Crippen LogP contribution in [-0.2, 0) is 0 Å². The zero-order chi connectivity index (χ0) is 15.2. The summed E-state index contributed by atoms with van der Waals surface area (Å²) in [6.45, 7) is 5.15. The summed E-state index contributed by atoms with van der Waals surface area (Å²) in [5, 5.41) is 4.42. The molecule has 2 aromatic rings. The van der Waals surface area contributed by atoms with E-state index >= 15 is 0 Å². The van der Waals surface area contributed by atoms with Crippen LogP contribution in [0.1, 0.15) is 36.1 Å². The van der Waals surface area contributed by atoms with Gasteiger partial charge >= 0.3 is 0 Å². The maximum Gasteiger partial charge on any atom is 0.118 e. The number of ether oxygens (including phenoxy) is 1. The van der Waals surface area contributed by atoms with Crippen molar-refractivity contribution < 1.29 is 4.74 Å². The molecule has 2 rings (SSSR count). The summed E-state index contributed by atoms with van der Waals surface area (Å²) in [4.78, 5) is 0. The molecule has 112 valence electrons. The van der Waals surface area contributed by atoms with E-state index in [4.69, 9.17) is 16.3 Å². The molecule has 2 aromatic carbocycles. The van der Waals surface area contributed by atoms with Gasteiger partial charge in [0.15, 0.2) is 0 Å². The van der Waals surface area contributed by atoms with E-state index in [2.05, 4.69) is 36.5 Å². The van der Waals surface area contributed by atoms with Crippen LogP contribution in [0.3, 0.4) is 0 Å². The Morgan fingerprint density at radius 1 is 1.14 bits per heavy atom. The van der Waals surface area contributed by atoms with Crippen molar-refractivity contribution in [1.29, 1.82) is 0 Å². The van der Waals surface area contributed by atoms with E-state index in [1.165, 1.54) is 5.56 Å². The zero-order valence-corrected chi connectivity index (χ0v) is 13.6. The van der Waals surface area contributed by atoms with Crippen molar-refractivity contribution in [2.24, 2.45) is 0 Å². The van der Waals surface area contributed by atoms with Crippen LogP contribution in [0.2, 0.25) is 5.02 Å². The molecule has 0 radical (unpaired) electrons. The van der Waals surface area contributed by atoms with Crippen molar-refractivity contribution in [2.45, 2.75) is 26.3 Å². The molecule has 2 nitrogen and oxygen atoms in total. The molecule has 0 saturated heterocycles. The van der Waals surface area contributed by atoms with Crippen LogP contribution in [0, 0.1) is 6.92 Å². The average molecular weight is 304 g/mol. The molecule has 0 heterocycles. The number of rotatable bonds is 6. The maximum atomic E-state index is 6.51. The normalized spacial score (nSPS) is 12.2. The van der Waals surface area contributed by atoms with E-state index in [0.29, 0.717) is 0 Å². The third kappa shape index (κ3) is 3.78. The summed E-state index contributed by atoms with van der Waals surface area (Å²) in [5.41, 5.74) is 3.41. The van der Waals surface area contributed by atoms with Crippen LogP contribution in [-0.4, -0.2) is 13.7 Å². The predicted molar refractivity (Wildman–Crippen MR) is 89.3 cm³/mol. The van der Waals surface area contributed by atoms with Gasteiger partial charge in [-0.3, -0.25) is 0 Å². The summed E-state index contributed by atoms with van der Waals surface area (Å²) in [6.07, 6.45) is 1.08. The molecule has 0 fully saturated rings. The van der Waals surface area contributed by atoms with E-state index < -0.39 is 0 Å². The first kappa shape index (κ1) is 15.9. The molecule has 0 amide bonds. The lowest BCUT2D eigenvalue weighted by molar-refractivity contribution is 0.414. The number of nitrogens with one attached hydrogen (secondary N) is 1. The molecule has 0 aliphatic carbocycles. The van der Waals surface area contributed by atoms with Crippen molar-refractivity contribution in [3.63, 3.8) is 0 Å². The van der Waals surface area contributed by atoms with Gasteiger partial charge in [0, 0.05) is 5.02 Å². The van der Waals surface area contributed by atoms with Crippen molar-refractivity contribution in [3.05, 3.63) is 64.2 Å². The fourth-order valence-electron chi connectivity index (χ4n) is 2.39. The highest BCUT2D eigenvalue weighted by molar-refractivity contribution is 6.32. The number of aryl methyl sites for hydroxylation is 1. The quantitative estimate of drug-likeness (QED) is 0.832. The Labute approximate surface area is 132 Å². The number of methoxy groups -OCH3 is 1. The molecule has 0 spiro atoms. The topological polar surface area (TPSA) is 21.3 Å². The summed E-state index contributed by atoms with van der Waals surface area (Å²) in [6, 6.07) is 14.4. The van der Waals surface area contributed by atoms with Gasteiger partial charge in [-0.05, 0) is 48.7 Å². The third-order valence-corrected chi connectivity index (χ3v) is 4.10. The van der Waals surface area contributed by atoms with Crippen molar-refractivity contribution >= 4 is 11.6 Å². The average Bonchev–Trinajstić information content (AvgIpc) is 2.52. The third-order valence-electron chi connectivity index (χ3n) is 3.58. The second-order valence-corrected chi connectivity index (χ2v) is 5.52. The Bertz CT molecular complexity index is 580. The standard InChI is InChI=1S/C18H22ClNO/c1-4-12-20-18(14-8-10-15(21-3)11-9-14)16-7-5-6-13(2)17(16)19/h5-11,18,20H,4,12H2,1-3H3. The summed E-state index contributed by atoms with van der Waals surface area (Å²) in [7, 11) is 1.68. The molecule has 3 heteroatoms. The highest BCUT2D eigenvalue weighted by atomic mass is 35.5. The van der Waals surface area contributed by atoms with Gasteiger partial charge in [0.1, 0.15) is 5.75 Å². The van der Waals surface area contributed by atoms with Gasteiger partial charge in [0.05, 0.1) is 13.2 Å². The number of hydrogen-bond donors (Lipinski definition) is 1. The molecule has 21 heavy (non-hydrogen) atoms. The Balaban J connectivity index is 2.39. The number of benzene rings is 2. The summed E-state index contributed by atoms with van der Waals surface area (Å²) >= 11 is 6.51. The van der Waals surface area contributed by atoms with Crippen molar-refractivity contribution in [1.82, 2.24) is 5.32 Å². The second-order valence-electron chi connectivity index (χ2n) is 5.14. The van der Waals surface area contributed by atoms with Gasteiger partial charge in [-0.15, -0.1) is 0 Å². The van der Waals surface area contributed by atoms with Crippen molar-refractivity contribution in [2.75, 3.05) is 13.7 Å². The monoisotopic (exact) mass is 303 g/mol. The van der Waals surface area contributed by atoms with Crippen LogP contribution >= 0.6 is 11.6 Å². The van der Waals surface area contributed by atoms with E-state index in [9.17, 15) is 0 Å². The Morgan fingerprint density at radius 3 is 2.48 bits per heavy atom. The van der Waals surface area contributed by atoms with Gasteiger partial charge in [-0.2, -0.15) is 0 Å². The van der Waals surface area contributed by atoms with Crippen LogP contribution in [0.25, 0.3) is 0 Å². The molecule has 0 aliphatic rings. The van der Waals surface area contributed by atoms with Crippen LogP contribution in [0.4, 0.5) is 0 Å². The van der Waals surface area contributed by atoms with E-state index in [-0.39, 0.29) is 6.04 Å². The van der Waals surface area contributed by atoms with Crippen LogP contribution in [0.15, 0.2) is 42.5 Å². The predicted octanol–water partition coefficient (Wildman–Crippen LogP) is 4.75. The molecule has 0 aromatic heterocycles. The molecule has 1 atom stereocenters. The minimum absolute atomic E-state index is 0.100. The van der Waals surface area contributed by atoms with Gasteiger partial charge < -0.3 is 10.1 Å². The molecule has 0 bridgehead atoms. The lowest BCUT2D eigenvalue weighted by Crippen LogP contribution is -2.23. The fraction of sp³-hybridized carbons (Fsp3) is 0.333. The Kier molecular flexibility index (Phi) is 5.66. The molecule has 1 N–H and O–H groups in total. The number of halogens is 1.